The largest absolute Gasteiger partial charge is 0.472 e. The van der Waals surface area contributed by atoms with Crippen LogP contribution in [0.4, 0.5) is 0 Å². The predicted octanol–water partition coefficient (Wildman–Crippen LogP) is 21.5. The number of carbonyl (C=O) groups excluding carboxylic acids is 2. The zero-order chi connectivity index (χ0) is 58.7. The average Bonchev–Trinajstić information content (AvgIpc) is 3.46. The molecule has 0 bridgehead atoms. The van der Waals surface area contributed by atoms with Crippen LogP contribution in [-0.4, -0.2) is 49.3 Å². The van der Waals surface area contributed by atoms with Gasteiger partial charge in [-0.25, -0.2) is 4.57 Å². The van der Waals surface area contributed by atoms with Crippen LogP contribution in [0, 0.1) is 0 Å². The van der Waals surface area contributed by atoms with E-state index in [1.165, 1.54) is 154 Å². The van der Waals surface area contributed by atoms with E-state index in [1.807, 2.05) is 0 Å². The third-order valence-electron chi connectivity index (χ3n) is 13.8. The van der Waals surface area contributed by atoms with Gasteiger partial charge in [-0.05, 0) is 109 Å². The summed E-state index contributed by atoms with van der Waals surface area (Å²) in [7, 11) is -4.40. The maximum atomic E-state index is 12.7. The highest BCUT2D eigenvalue weighted by atomic mass is 31.2. The Bertz CT molecular complexity index is 1740. The van der Waals surface area contributed by atoms with Crippen LogP contribution < -0.4 is 5.73 Å². The molecule has 0 aromatic carbocycles. The summed E-state index contributed by atoms with van der Waals surface area (Å²) in [5, 5.41) is 0. The maximum absolute atomic E-state index is 12.7. The van der Waals surface area contributed by atoms with Crippen LogP contribution in [0.1, 0.15) is 284 Å². The molecular formula is C71H122NO8P. The van der Waals surface area contributed by atoms with Crippen molar-refractivity contribution in [1.29, 1.82) is 0 Å². The summed E-state index contributed by atoms with van der Waals surface area (Å²) in [4.78, 5) is 35.3. The lowest BCUT2D eigenvalue weighted by atomic mass is 10.0. The second-order valence-corrected chi connectivity index (χ2v) is 23.1. The minimum atomic E-state index is -4.40. The lowest BCUT2D eigenvalue weighted by Crippen LogP contribution is -2.29. The smallest absolute Gasteiger partial charge is 0.462 e. The number of carbonyl (C=O) groups is 2. The van der Waals surface area contributed by atoms with Gasteiger partial charge in [0.15, 0.2) is 6.10 Å². The third kappa shape index (κ3) is 65.4. The van der Waals surface area contributed by atoms with Crippen LogP contribution in [0.3, 0.4) is 0 Å². The molecule has 0 saturated carbocycles. The Labute approximate surface area is 498 Å². The fourth-order valence-corrected chi connectivity index (χ4v) is 9.74. The number of unbranched alkanes of at least 4 members (excludes halogenated alkanes) is 28. The van der Waals surface area contributed by atoms with Gasteiger partial charge in [0, 0.05) is 19.4 Å². The molecule has 0 aliphatic rings. The van der Waals surface area contributed by atoms with Gasteiger partial charge in [0.25, 0.3) is 0 Å². The van der Waals surface area contributed by atoms with Gasteiger partial charge < -0.3 is 20.1 Å². The van der Waals surface area contributed by atoms with Crippen molar-refractivity contribution >= 4 is 19.8 Å². The summed E-state index contributed by atoms with van der Waals surface area (Å²) < 4.78 is 33.1. The zero-order valence-corrected chi connectivity index (χ0v) is 52.9. The highest BCUT2D eigenvalue weighted by Gasteiger charge is 2.26. The van der Waals surface area contributed by atoms with Crippen molar-refractivity contribution in [3.8, 4) is 0 Å². The number of hydrogen-bond acceptors (Lipinski definition) is 8. The summed E-state index contributed by atoms with van der Waals surface area (Å²) in [6.07, 6.45) is 91.3. The minimum Gasteiger partial charge on any atom is -0.462 e. The SMILES string of the molecule is CC/C=C\C/C=C\C/C=C\C/C=C\C/C=C\C/C=C\C/C=C\C/C=C\C/C=C\CCCCCCCCCCCCCCCC(=O)OC(COC(=O)CCCCCCCCCCC/C=C\CCCCCCCC)COP(=O)(O)OCCN. The summed E-state index contributed by atoms with van der Waals surface area (Å²) in [6.45, 7) is 3.64. The van der Waals surface area contributed by atoms with Gasteiger partial charge in [0.1, 0.15) is 6.61 Å². The van der Waals surface area contributed by atoms with E-state index in [2.05, 4.69) is 135 Å². The van der Waals surface area contributed by atoms with Crippen molar-refractivity contribution in [3.63, 3.8) is 0 Å². The van der Waals surface area contributed by atoms with E-state index in [0.717, 1.165) is 96.3 Å². The number of esters is 2. The Morgan fingerprint density at radius 2 is 0.679 bits per heavy atom. The Morgan fingerprint density at radius 1 is 0.383 bits per heavy atom. The van der Waals surface area contributed by atoms with Crippen molar-refractivity contribution in [2.45, 2.75) is 290 Å². The van der Waals surface area contributed by atoms with Crippen LogP contribution in [0.15, 0.2) is 122 Å². The molecule has 3 N–H and O–H groups in total. The van der Waals surface area contributed by atoms with Gasteiger partial charge >= 0.3 is 19.8 Å². The van der Waals surface area contributed by atoms with Crippen molar-refractivity contribution in [3.05, 3.63) is 122 Å². The Hall–Kier alpha value is -3.59. The number of hydrogen-bond donors (Lipinski definition) is 2. The zero-order valence-electron chi connectivity index (χ0n) is 52.0. The number of ether oxygens (including phenoxy) is 2. The summed E-state index contributed by atoms with van der Waals surface area (Å²) in [5.74, 6) is -0.829. The van der Waals surface area contributed by atoms with Gasteiger partial charge in [0.05, 0.1) is 13.2 Å². The maximum Gasteiger partial charge on any atom is 0.472 e. The van der Waals surface area contributed by atoms with Crippen molar-refractivity contribution in [1.82, 2.24) is 0 Å². The van der Waals surface area contributed by atoms with Crippen molar-refractivity contribution < 1.29 is 37.6 Å². The van der Waals surface area contributed by atoms with Crippen LogP contribution in [0.25, 0.3) is 0 Å². The molecule has 2 atom stereocenters. The molecule has 2 unspecified atom stereocenters. The Morgan fingerprint density at radius 3 is 1.02 bits per heavy atom. The van der Waals surface area contributed by atoms with Gasteiger partial charge in [-0.1, -0.05) is 283 Å². The van der Waals surface area contributed by atoms with Crippen LogP contribution >= 0.6 is 7.82 Å². The van der Waals surface area contributed by atoms with Crippen LogP contribution in [-0.2, 0) is 32.7 Å². The first-order valence-electron chi connectivity index (χ1n) is 33.0. The number of rotatable bonds is 61. The second kappa shape index (κ2) is 65.6. The first-order chi connectivity index (χ1) is 39.8. The quantitative estimate of drug-likeness (QED) is 0.0264. The molecule has 9 nitrogen and oxygen atoms in total. The molecule has 0 rings (SSSR count). The van der Waals surface area contributed by atoms with E-state index in [0.29, 0.717) is 6.42 Å². The molecule has 0 aromatic rings. The summed E-state index contributed by atoms with van der Waals surface area (Å²) >= 11 is 0. The Balaban J connectivity index is 3.91. The molecule has 0 fully saturated rings. The van der Waals surface area contributed by atoms with Gasteiger partial charge in [-0.2, -0.15) is 0 Å². The first kappa shape index (κ1) is 77.4. The summed E-state index contributed by atoms with van der Waals surface area (Å²) in [6, 6.07) is 0. The van der Waals surface area contributed by atoms with E-state index < -0.39 is 26.5 Å². The highest BCUT2D eigenvalue weighted by Crippen LogP contribution is 2.43. The van der Waals surface area contributed by atoms with E-state index in [-0.39, 0.29) is 38.6 Å². The fourth-order valence-electron chi connectivity index (χ4n) is 8.98. The van der Waals surface area contributed by atoms with Gasteiger partial charge in [0.2, 0.25) is 0 Å². The van der Waals surface area contributed by atoms with E-state index in [9.17, 15) is 19.0 Å². The molecule has 0 saturated heterocycles. The first-order valence-corrected chi connectivity index (χ1v) is 34.5. The molecule has 464 valence electrons. The number of phosphoric ester groups is 1. The average molecular weight is 1150 g/mol. The molecule has 0 spiro atoms. The van der Waals surface area contributed by atoms with Gasteiger partial charge in [-0.15, -0.1) is 0 Å². The Kier molecular flexibility index (Phi) is 62.7. The van der Waals surface area contributed by atoms with E-state index in [1.54, 1.807) is 0 Å². The molecule has 81 heavy (non-hydrogen) atoms. The van der Waals surface area contributed by atoms with Crippen molar-refractivity contribution in [2.24, 2.45) is 5.73 Å². The van der Waals surface area contributed by atoms with E-state index in [4.69, 9.17) is 24.3 Å². The lowest BCUT2D eigenvalue weighted by Gasteiger charge is -2.19. The van der Waals surface area contributed by atoms with E-state index >= 15 is 0 Å². The molecule has 0 radical (unpaired) electrons. The topological polar surface area (TPSA) is 134 Å². The summed E-state index contributed by atoms with van der Waals surface area (Å²) in [5.41, 5.74) is 5.39. The molecule has 10 heteroatoms. The standard InChI is InChI=1S/C71H122NO8P/c1-3-5-7-9-11-13-15-17-19-21-23-24-25-26-27-28-29-30-31-32-33-34-35-36-37-38-39-40-41-42-43-44-46-48-50-52-54-56-58-60-62-64-71(74)80-69(68-79-81(75,76)78-66-65-72)67-77-70(73)63-61-59-57-55-53-51-49-47-45-22-20-18-16-14-12-10-8-6-4-2/h5,7,11,13,17-20,23-24,26-27,29-30,32-33,35-36,38-39,69H,3-4,6,8-10,12,14-16,21-22,25,28,31,34,37,40-68,72H2,1-2H3,(H,75,76)/b7-5-,13-11-,19-17-,20-18-,24-23-,27-26-,30-29-,33-32-,36-35-,39-38-. The predicted molar refractivity (Wildman–Crippen MR) is 348 cm³/mol. The fraction of sp³-hybridized carbons (Fsp3) is 0.690. The highest BCUT2D eigenvalue weighted by molar-refractivity contribution is 7.47. The number of phosphoric acid groups is 1. The molecule has 0 aromatic heterocycles. The number of nitrogens with two attached hydrogens (primary N) is 1. The van der Waals surface area contributed by atoms with Gasteiger partial charge in [-0.3, -0.25) is 18.6 Å². The van der Waals surface area contributed by atoms with Crippen molar-refractivity contribution in [2.75, 3.05) is 26.4 Å². The second-order valence-electron chi connectivity index (χ2n) is 21.6. The monoisotopic (exact) mass is 1150 g/mol. The molecule has 0 amide bonds. The van der Waals surface area contributed by atoms with Crippen LogP contribution in [0.5, 0.6) is 0 Å². The minimum absolute atomic E-state index is 0.0494. The molecule has 0 heterocycles. The lowest BCUT2D eigenvalue weighted by molar-refractivity contribution is -0.161. The third-order valence-corrected chi connectivity index (χ3v) is 14.8. The normalized spacial score (nSPS) is 13.8. The van der Waals surface area contributed by atoms with Crippen LogP contribution in [0.2, 0.25) is 0 Å². The molecular weight excluding hydrogens is 1030 g/mol. The number of allylic oxidation sites excluding steroid dienone is 20. The molecule has 0 aliphatic carbocycles. The molecule has 0 aliphatic heterocycles.